The van der Waals surface area contributed by atoms with Gasteiger partial charge in [0.2, 0.25) is 5.88 Å². The van der Waals surface area contributed by atoms with Gasteiger partial charge in [0.15, 0.2) is 21.3 Å². The fraction of sp³-hybridized carbons (Fsp3) is 0.424. The molecule has 2 aromatic carbocycles. The summed E-state index contributed by atoms with van der Waals surface area (Å²) in [5, 5.41) is 2.53. The number of unbranched alkanes of at least 4 members (excludes halogenated alkanes) is 3. The first-order valence-electron chi connectivity index (χ1n) is 15.5. The number of nitrogens with one attached hydrogen (secondary N) is 1. The lowest BCUT2D eigenvalue weighted by Crippen LogP contribution is -2.49. The highest BCUT2D eigenvalue weighted by Gasteiger charge is 2.29. The van der Waals surface area contributed by atoms with Crippen molar-refractivity contribution in [3.63, 3.8) is 0 Å². The number of rotatable bonds is 14. The smallest absolute Gasteiger partial charge is 0.322 e. The summed E-state index contributed by atoms with van der Waals surface area (Å²) in [6.07, 6.45) is 8.02. The van der Waals surface area contributed by atoms with E-state index in [-0.39, 0.29) is 22.4 Å². The Balaban J connectivity index is 1.37. The number of nitrogens with zero attached hydrogens (tertiary/aromatic N) is 3. The zero-order valence-electron chi connectivity index (χ0n) is 26.8. The average Bonchev–Trinajstić information content (AvgIpc) is 3.03. The summed E-state index contributed by atoms with van der Waals surface area (Å²) in [6, 6.07) is 8.87. The summed E-state index contributed by atoms with van der Waals surface area (Å²) < 4.78 is 63.4. The standard InChI is InChI=1S/C33H41F2N5O6S/c1-4-5-6-7-14-40(33(42)38-28-18-25(32(36)41)26(34)19-27(28)35)23-12-15-39(16-13-23)21-22-8-11-31(37-20-22)46-29-10-9-24(47(3,43)44)17-30(29)45-2/h8-11,17-20,23H,4-7,12-16,21H2,1-3H3,(H2,36,41)(H,38,42). The number of halogens is 2. The number of pyridine rings is 1. The number of ether oxygens (including phenoxy) is 2. The van der Waals surface area contributed by atoms with E-state index >= 15 is 0 Å². The monoisotopic (exact) mass is 673 g/mol. The van der Waals surface area contributed by atoms with Gasteiger partial charge < -0.3 is 25.4 Å². The summed E-state index contributed by atoms with van der Waals surface area (Å²) in [5.41, 5.74) is 5.37. The van der Waals surface area contributed by atoms with Crippen molar-refractivity contribution in [1.29, 1.82) is 0 Å². The number of benzene rings is 2. The number of hydrogen-bond donors (Lipinski definition) is 2. The largest absolute Gasteiger partial charge is 0.493 e. The number of likely N-dealkylation sites (tertiary alicyclic amines) is 1. The maximum absolute atomic E-state index is 14.5. The van der Waals surface area contributed by atoms with Gasteiger partial charge in [-0.3, -0.25) is 9.69 Å². The summed E-state index contributed by atoms with van der Waals surface area (Å²) in [7, 11) is -1.97. The number of methoxy groups -OCH3 is 1. The van der Waals surface area contributed by atoms with Crippen molar-refractivity contribution in [2.24, 2.45) is 5.73 Å². The van der Waals surface area contributed by atoms with Gasteiger partial charge in [-0.2, -0.15) is 0 Å². The molecule has 2 heterocycles. The zero-order valence-corrected chi connectivity index (χ0v) is 27.6. The maximum atomic E-state index is 14.5. The maximum Gasteiger partial charge on any atom is 0.322 e. The van der Waals surface area contributed by atoms with Crippen LogP contribution in [0.1, 0.15) is 61.4 Å². The van der Waals surface area contributed by atoms with Crippen LogP contribution in [-0.2, 0) is 16.4 Å². The Morgan fingerprint density at radius 1 is 1.04 bits per heavy atom. The number of sulfone groups is 1. The number of carbonyl (C=O) groups excluding carboxylic acids is 2. The number of urea groups is 1. The molecular formula is C33H41F2N5O6S. The molecule has 0 aliphatic carbocycles. The average molecular weight is 674 g/mol. The molecule has 4 rings (SSSR count). The Hall–Kier alpha value is -4.30. The number of amides is 3. The number of anilines is 1. The Labute approximate surface area is 274 Å². The molecule has 0 spiro atoms. The van der Waals surface area contributed by atoms with E-state index < -0.39 is 39.0 Å². The van der Waals surface area contributed by atoms with Crippen molar-refractivity contribution in [2.45, 2.75) is 62.9 Å². The Bertz CT molecular complexity index is 1660. The van der Waals surface area contributed by atoms with Crippen molar-refractivity contribution >= 4 is 27.5 Å². The van der Waals surface area contributed by atoms with E-state index in [0.29, 0.717) is 56.7 Å². The highest BCUT2D eigenvalue weighted by atomic mass is 32.2. The van der Waals surface area contributed by atoms with Crippen LogP contribution in [-0.4, -0.2) is 74.2 Å². The number of piperidine rings is 1. The van der Waals surface area contributed by atoms with Gasteiger partial charge in [0.05, 0.1) is 23.3 Å². The lowest BCUT2D eigenvalue weighted by Gasteiger charge is -2.38. The molecular weight excluding hydrogens is 632 g/mol. The lowest BCUT2D eigenvalue weighted by atomic mass is 10.0. The van der Waals surface area contributed by atoms with E-state index in [1.165, 1.54) is 25.3 Å². The molecule has 0 bridgehead atoms. The first-order chi connectivity index (χ1) is 22.4. The van der Waals surface area contributed by atoms with Crippen LogP contribution in [0, 0.1) is 11.6 Å². The fourth-order valence-electron chi connectivity index (χ4n) is 5.47. The third-order valence-corrected chi connectivity index (χ3v) is 9.17. The molecule has 0 radical (unpaired) electrons. The Morgan fingerprint density at radius 2 is 1.79 bits per heavy atom. The van der Waals surface area contributed by atoms with Crippen molar-refractivity contribution in [2.75, 3.05) is 38.3 Å². The molecule has 1 aliphatic rings. The highest BCUT2D eigenvalue weighted by Crippen LogP contribution is 2.33. The molecule has 14 heteroatoms. The van der Waals surface area contributed by atoms with Gasteiger partial charge in [0, 0.05) is 62.9 Å². The van der Waals surface area contributed by atoms with Crippen LogP contribution >= 0.6 is 0 Å². The van der Waals surface area contributed by atoms with Crippen molar-refractivity contribution in [1.82, 2.24) is 14.8 Å². The van der Waals surface area contributed by atoms with E-state index in [0.717, 1.165) is 43.6 Å². The SMILES string of the molecule is CCCCCCN(C(=O)Nc1cc(C(N)=O)c(F)cc1F)C1CCN(Cc2ccc(Oc3ccc(S(C)(=O)=O)cc3OC)nc2)CC1. The highest BCUT2D eigenvalue weighted by molar-refractivity contribution is 7.90. The minimum Gasteiger partial charge on any atom is -0.493 e. The van der Waals surface area contributed by atoms with E-state index in [2.05, 4.69) is 22.1 Å². The second-order valence-corrected chi connectivity index (χ2v) is 13.6. The van der Waals surface area contributed by atoms with E-state index in [4.69, 9.17) is 15.2 Å². The lowest BCUT2D eigenvalue weighted by molar-refractivity contribution is 0.0996. The van der Waals surface area contributed by atoms with Crippen LogP contribution in [0.15, 0.2) is 53.6 Å². The first kappa shape index (κ1) is 35.6. The van der Waals surface area contributed by atoms with Crippen LogP contribution in [0.5, 0.6) is 17.4 Å². The number of aromatic nitrogens is 1. The minimum absolute atomic E-state index is 0.0926. The molecule has 1 aliphatic heterocycles. The van der Waals surface area contributed by atoms with Gasteiger partial charge in [-0.1, -0.05) is 32.3 Å². The van der Waals surface area contributed by atoms with E-state index in [1.54, 1.807) is 17.2 Å². The molecule has 0 unspecified atom stereocenters. The molecule has 254 valence electrons. The number of primary amides is 1. The number of nitrogens with two attached hydrogens (primary N) is 1. The Kier molecular flexibility index (Phi) is 12.1. The molecule has 1 fully saturated rings. The molecule has 3 amide bonds. The second-order valence-electron chi connectivity index (χ2n) is 11.6. The molecule has 47 heavy (non-hydrogen) atoms. The Morgan fingerprint density at radius 3 is 2.40 bits per heavy atom. The minimum atomic E-state index is -3.40. The fourth-order valence-corrected chi connectivity index (χ4v) is 6.10. The third-order valence-electron chi connectivity index (χ3n) is 8.06. The second kappa shape index (κ2) is 16.0. The van der Waals surface area contributed by atoms with E-state index in [9.17, 15) is 26.8 Å². The third kappa shape index (κ3) is 9.61. The predicted molar refractivity (Wildman–Crippen MR) is 173 cm³/mol. The van der Waals surface area contributed by atoms with Gasteiger partial charge in [-0.25, -0.2) is 27.0 Å². The van der Waals surface area contributed by atoms with Gasteiger partial charge in [-0.05, 0) is 43.0 Å². The van der Waals surface area contributed by atoms with Gasteiger partial charge >= 0.3 is 6.03 Å². The number of carbonyl (C=O) groups is 2. The molecule has 0 saturated carbocycles. The summed E-state index contributed by atoms with van der Waals surface area (Å²) in [5.74, 6) is -2.20. The molecule has 3 N–H and O–H groups in total. The molecule has 1 aromatic heterocycles. The molecule has 3 aromatic rings. The summed E-state index contributed by atoms with van der Waals surface area (Å²) in [4.78, 5) is 33.5. The van der Waals surface area contributed by atoms with Crippen LogP contribution < -0.4 is 20.5 Å². The van der Waals surface area contributed by atoms with Crippen molar-refractivity contribution < 1.29 is 36.3 Å². The van der Waals surface area contributed by atoms with Crippen molar-refractivity contribution in [3.05, 3.63) is 71.4 Å². The normalized spacial score (nSPS) is 14.1. The van der Waals surface area contributed by atoms with Gasteiger partial charge in [0.1, 0.15) is 11.6 Å². The topological polar surface area (TPSA) is 144 Å². The molecule has 1 saturated heterocycles. The molecule has 11 nitrogen and oxygen atoms in total. The van der Waals surface area contributed by atoms with Gasteiger partial charge in [0.25, 0.3) is 5.91 Å². The summed E-state index contributed by atoms with van der Waals surface area (Å²) in [6.45, 7) is 4.63. The van der Waals surface area contributed by atoms with Crippen LogP contribution in [0.3, 0.4) is 0 Å². The van der Waals surface area contributed by atoms with Crippen LogP contribution in [0.25, 0.3) is 0 Å². The van der Waals surface area contributed by atoms with Crippen molar-refractivity contribution in [3.8, 4) is 17.4 Å². The van der Waals surface area contributed by atoms with Crippen LogP contribution in [0.2, 0.25) is 0 Å². The summed E-state index contributed by atoms with van der Waals surface area (Å²) >= 11 is 0. The van der Waals surface area contributed by atoms with Gasteiger partial charge in [-0.15, -0.1) is 0 Å². The van der Waals surface area contributed by atoms with Crippen LogP contribution in [0.4, 0.5) is 19.3 Å². The number of hydrogen-bond acceptors (Lipinski definition) is 8. The zero-order chi connectivity index (χ0) is 34.1. The quantitative estimate of drug-likeness (QED) is 0.206. The predicted octanol–water partition coefficient (Wildman–Crippen LogP) is 5.74. The first-order valence-corrected chi connectivity index (χ1v) is 17.4. The van der Waals surface area contributed by atoms with E-state index in [1.807, 2.05) is 6.07 Å². The molecule has 0 atom stereocenters.